The summed E-state index contributed by atoms with van der Waals surface area (Å²) in [4.78, 5) is 25.7. The van der Waals surface area contributed by atoms with E-state index in [4.69, 9.17) is 9.47 Å². The first-order valence-electron chi connectivity index (χ1n) is 10.2. The van der Waals surface area contributed by atoms with Crippen LogP contribution >= 0.6 is 11.3 Å². The lowest BCUT2D eigenvalue weighted by molar-refractivity contribution is -0.118. The quantitative estimate of drug-likeness (QED) is 0.624. The Labute approximate surface area is 186 Å². The largest absolute Gasteiger partial charge is 0.483 e. The Bertz CT molecular complexity index is 1100. The maximum absolute atomic E-state index is 12.6. The molecule has 168 valence electrons. The van der Waals surface area contributed by atoms with Crippen molar-refractivity contribution in [1.82, 2.24) is 0 Å². The van der Waals surface area contributed by atoms with Crippen molar-refractivity contribution in [3.8, 4) is 5.75 Å². The van der Waals surface area contributed by atoms with Crippen LogP contribution in [-0.4, -0.2) is 39.3 Å². The first kappa shape index (κ1) is 23.3. The molecule has 0 saturated carbocycles. The van der Waals surface area contributed by atoms with Gasteiger partial charge in [0.05, 0.1) is 23.7 Å². The average Bonchev–Trinajstić information content (AvgIpc) is 3.02. The molecule has 7 nitrogen and oxygen atoms in total. The van der Waals surface area contributed by atoms with Gasteiger partial charge in [0.1, 0.15) is 10.8 Å². The summed E-state index contributed by atoms with van der Waals surface area (Å²) < 4.78 is 34.9. The van der Waals surface area contributed by atoms with Crippen LogP contribution in [0.4, 0.5) is 5.00 Å². The van der Waals surface area contributed by atoms with Crippen LogP contribution in [0.15, 0.2) is 18.2 Å². The third kappa shape index (κ3) is 5.46. The Morgan fingerprint density at radius 1 is 1.26 bits per heavy atom. The topological polar surface area (TPSA) is 98.8 Å². The lowest BCUT2D eigenvalue weighted by atomic mass is 10.0. The fourth-order valence-corrected chi connectivity index (χ4v) is 6.42. The zero-order valence-electron chi connectivity index (χ0n) is 18.1. The minimum absolute atomic E-state index is 0.0227. The minimum atomic E-state index is -3.21. The second-order valence-electron chi connectivity index (χ2n) is 7.79. The second kappa shape index (κ2) is 9.40. The number of carbonyl (C=O) groups excluding carboxylic acids is 2. The molecule has 0 spiro atoms. The number of hydrogen-bond donors (Lipinski definition) is 1. The summed E-state index contributed by atoms with van der Waals surface area (Å²) in [6.07, 6.45) is 0.232. The number of amides is 1. The smallest absolute Gasteiger partial charge is 0.341 e. The molecule has 1 aromatic heterocycles. The van der Waals surface area contributed by atoms with Gasteiger partial charge in [0.2, 0.25) is 0 Å². The normalized spacial score (nSPS) is 14.7. The first-order valence-corrected chi connectivity index (χ1v) is 12.8. The lowest BCUT2D eigenvalue weighted by Crippen LogP contribution is -2.22. The zero-order chi connectivity index (χ0) is 22.8. The summed E-state index contributed by atoms with van der Waals surface area (Å²) in [5, 5.41) is 3.03. The number of nitrogens with one attached hydrogen (secondary N) is 1. The zero-order valence-corrected chi connectivity index (χ0v) is 19.7. The second-order valence-corrected chi connectivity index (χ2v) is 11.1. The van der Waals surface area contributed by atoms with E-state index in [0.29, 0.717) is 27.1 Å². The highest BCUT2D eigenvalue weighted by Crippen LogP contribution is 2.38. The van der Waals surface area contributed by atoms with Crippen molar-refractivity contribution in [2.24, 2.45) is 0 Å². The van der Waals surface area contributed by atoms with Crippen molar-refractivity contribution in [3.05, 3.63) is 45.3 Å². The van der Waals surface area contributed by atoms with Gasteiger partial charge >= 0.3 is 5.97 Å². The van der Waals surface area contributed by atoms with Gasteiger partial charge in [0.15, 0.2) is 16.4 Å². The van der Waals surface area contributed by atoms with Crippen molar-refractivity contribution < 1.29 is 27.5 Å². The Kier molecular flexibility index (Phi) is 7.06. The summed E-state index contributed by atoms with van der Waals surface area (Å²) in [5.41, 5.74) is 2.93. The van der Waals surface area contributed by atoms with Gasteiger partial charge in [-0.15, -0.1) is 11.3 Å². The Morgan fingerprint density at radius 2 is 2.00 bits per heavy atom. The standard InChI is InChI=1S/C22H27NO6S2/c1-5-28-22(25)20-16-8-9-31(26,27)12-18(16)30-21(20)23-19(24)11-29-17-10-15(13(2)3)7-6-14(17)4/h6-7,10,13H,5,8-9,11-12H2,1-4H3,(H,23,24). The number of aryl methyl sites for hydroxylation is 1. The highest BCUT2D eigenvalue weighted by molar-refractivity contribution is 7.90. The molecule has 0 bridgehead atoms. The van der Waals surface area contributed by atoms with E-state index >= 15 is 0 Å². The number of benzene rings is 1. The van der Waals surface area contributed by atoms with Gasteiger partial charge < -0.3 is 14.8 Å². The first-order chi connectivity index (χ1) is 14.6. The molecule has 0 unspecified atom stereocenters. The SMILES string of the molecule is CCOC(=O)c1c(NC(=O)COc2cc(C(C)C)ccc2C)sc2c1CCS(=O)(=O)C2. The molecule has 1 aliphatic heterocycles. The van der Waals surface area contributed by atoms with E-state index in [2.05, 4.69) is 19.2 Å². The molecular weight excluding hydrogens is 438 g/mol. The Balaban J connectivity index is 1.79. The molecule has 9 heteroatoms. The molecule has 31 heavy (non-hydrogen) atoms. The molecule has 3 rings (SSSR count). The fourth-order valence-electron chi connectivity index (χ4n) is 3.37. The van der Waals surface area contributed by atoms with E-state index in [1.54, 1.807) is 6.92 Å². The molecule has 2 aromatic rings. The van der Waals surface area contributed by atoms with Gasteiger partial charge in [-0.05, 0) is 48.9 Å². The van der Waals surface area contributed by atoms with E-state index in [1.165, 1.54) is 0 Å². The van der Waals surface area contributed by atoms with Crippen LogP contribution in [-0.2, 0) is 31.5 Å². The molecule has 0 atom stereocenters. The molecule has 0 fully saturated rings. The number of esters is 1. The molecule has 1 N–H and O–H groups in total. The third-order valence-corrected chi connectivity index (χ3v) is 7.96. The van der Waals surface area contributed by atoms with Crippen LogP contribution in [0, 0.1) is 6.92 Å². The van der Waals surface area contributed by atoms with E-state index in [1.807, 2.05) is 25.1 Å². The van der Waals surface area contributed by atoms with Gasteiger partial charge in [-0.1, -0.05) is 26.0 Å². The predicted octanol–water partition coefficient (Wildman–Crippen LogP) is 3.85. The maximum Gasteiger partial charge on any atom is 0.341 e. The molecule has 2 heterocycles. The highest BCUT2D eigenvalue weighted by atomic mass is 32.2. The van der Waals surface area contributed by atoms with Crippen molar-refractivity contribution in [2.75, 3.05) is 24.3 Å². The van der Waals surface area contributed by atoms with Crippen LogP contribution in [0.1, 0.15) is 58.6 Å². The summed E-state index contributed by atoms with van der Waals surface area (Å²) in [7, 11) is -3.21. The summed E-state index contributed by atoms with van der Waals surface area (Å²) in [6.45, 7) is 7.72. The molecule has 0 saturated heterocycles. The van der Waals surface area contributed by atoms with E-state index in [-0.39, 0.29) is 36.7 Å². The summed E-state index contributed by atoms with van der Waals surface area (Å²) in [5.74, 6) is -0.184. The van der Waals surface area contributed by atoms with Gasteiger partial charge in [0.25, 0.3) is 5.91 Å². The van der Waals surface area contributed by atoms with Gasteiger partial charge in [0, 0.05) is 4.88 Å². The molecule has 0 radical (unpaired) electrons. The Hall–Kier alpha value is -2.39. The van der Waals surface area contributed by atoms with E-state index < -0.39 is 21.7 Å². The third-order valence-electron chi connectivity index (χ3n) is 5.07. The minimum Gasteiger partial charge on any atom is -0.483 e. The van der Waals surface area contributed by atoms with Crippen LogP contribution < -0.4 is 10.1 Å². The number of sulfone groups is 1. The monoisotopic (exact) mass is 465 g/mol. The van der Waals surface area contributed by atoms with Gasteiger partial charge in [-0.25, -0.2) is 13.2 Å². The number of rotatable bonds is 7. The van der Waals surface area contributed by atoms with Crippen molar-refractivity contribution >= 4 is 38.1 Å². The Morgan fingerprint density at radius 3 is 2.68 bits per heavy atom. The van der Waals surface area contributed by atoms with Crippen molar-refractivity contribution in [3.63, 3.8) is 0 Å². The lowest BCUT2D eigenvalue weighted by Gasteiger charge is -2.14. The van der Waals surface area contributed by atoms with Gasteiger partial charge in [-0.2, -0.15) is 0 Å². The molecule has 0 aliphatic carbocycles. The predicted molar refractivity (Wildman–Crippen MR) is 121 cm³/mol. The number of thiophene rings is 1. The van der Waals surface area contributed by atoms with E-state index in [9.17, 15) is 18.0 Å². The van der Waals surface area contributed by atoms with E-state index in [0.717, 1.165) is 22.5 Å². The number of carbonyl (C=O) groups is 2. The summed E-state index contributed by atoms with van der Waals surface area (Å²) >= 11 is 1.11. The molecule has 1 amide bonds. The van der Waals surface area contributed by atoms with Crippen molar-refractivity contribution in [1.29, 1.82) is 0 Å². The number of fused-ring (bicyclic) bond motifs is 1. The summed E-state index contributed by atoms with van der Waals surface area (Å²) in [6, 6.07) is 5.91. The number of anilines is 1. The van der Waals surface area contributed by atoms with Gasteiger partial charge in [-0.3, -0.25) is 4.79 Å². The van der Waals surface area contributed by atoms with Crippen LogP contribution in [0.3, 0.4) is 0 Å². The van der Waals surface area contributed by atoms with Crippen LogP contribution in [0.25, 0.3) is 0 Å². The molecule has 1 aromatic carbocycles. The molecule has 1 aliphatic rings. The van der Waals surface area contributed by atoms with Crippen LogP contribution in [0.2, 0.25) is 0 Å². The van der Waals surface area contributed by atoms with Crippen LogP contribution in [0.5, 0.6) is 5.75 Å². The number of hydrogen-bond acceptors (Lipinski definition) is 7. The molecular formula is C22H27NO6S2. The average molecular weight is 466 g/mol. The fraction of sp³-hybridized carbons (Fsp3) is 0.455. The highest BCUT2D eigenvalue weighted by Gasteiger charge is 2.32. The maximum atomic E-state index is 12.6. The number of ether oxygens (including phenoxy) is 2. The van der Waals surface area contributed by atoms with Crippen molar-refractivity contribution in [2.45, 2.75) is 45.8 Å².